The van der Waals surface area contributed by atoms with Gasteiger partial charge in [-0.25, -0.2) is 14.2 Å². The van der Waals surface area contributed by atoms with Crippen LogP contribution < -0.4 is 42.8 Å². The van der Waals surface area contributed by atoms with Gasteiger partial charge in [0, 0.05) is 47.7 Å². The van der Waals surface area contributed by atoms with Gasteiger partial charge >= 0.3 is 11.9 Å². The molecule has 8 amide bonds. The van der Waals surface area contributed by atoms with Crippen molar-refractivity contribution in [3.8, 4) is 11.4 Å². The number of ether oxygens (including phenoxy) is 2. The number of benzene rings is 2. The number of aryl methyl sites for hydroxylation is 1. The van der Waals surface area contributed by atoms with Gasteiger partial charge in [-0.3, -0.25) is 52.8 Å². The van der Waals surface area contributed by atoms with E-state index < -0.39 is 140 Å². The van der Waals surface area contributed by atoms with Crippen LogP contribution in [0.1, 0.15) is 84.0 Å². The molecule has 3 aliphatic heterocycles. The number of rotatable bonds is 24. The van der Waals surface area contributed by atoms with Crippen molar-refractivity contribution >= 4 is 70.1 Å². The van der Waals surface area contributed by atoms with Crippen molar-refractivity contribution in [2.45, 2.75) is 102 Å². The third kappa shape index (κ3) is 12.2. The number of aliphatic hydroxyl groups is 1. The maximum Gasteiger partial charge on any atom is 0.343 e. The highest BCUT2D eigenvalue weighted by Gasteiger charge is 2.46. The molecular weight excluding hydrogens is 1060 g/mol. The predicted molar refractivity (Wildman–Crippen MR) is 280 cm³/mol. The molecule has 1 fully saturated rings. The Labute approximate surface area is 460 Å². The Morgan fingerprint density at radius 2 is 1.54 bits per heavy atom. The summed E-state index contributed by atoms with van der Waals surface area (Å²) in [6.07, 6.45) is 3.53. The van der Waals surface area contributed by atoms with E-state index in [9.17, 15) is 57.8 Å². The minimum Gasteiger partial charge on any atom is -0.480 e. The van der Waals surface area contributed by atoms with Crippen LogP contribution >= 0.6 is 0 Å². The van der Waals surface area contributed by atoms with Crippen LogP contribution in [0.3, 0.4) is 0 Å². The summed E-state index contributed by atoms with van der Waals surface area (Å²) in [6.45, 7) is -0.425. The lowest BCUT2D eigenvalue weighted by Gasteiger charge is -2.31. The Bertz CT molecular complexity index is 3360. The van der Waals surface area contributed by atoms with E-state index in [-0.39, 0.29) is 43.0 Å². The summed E-state index contributed by atoms with van der Waals surface area (Å²) in [5, 5.41) is 38.8. The fraction of sp³-hybridized carbons (Fsp3) is 0.418. The number of imide groups is 1. The number of hydrogen-bond acceptors (Lipinski definition) is 16. The lowest BCUT2D eigenvalue weighted by Crippen LogP contribution is -2.56. The van der Waals surface area contributed by atoms with Crippen LogP contribution in [0.15, 0.2) is 59.4 Å². The third-order valence-electron chi connectivity index (χ3n) is 15.1. The minimum atomic E-state index is -2.07. The molecule has 5 aliphatic rings. The second kappa shape index (κ2) is 23.9. The third-order valence-corrected chi connectivity index (χ3v) is 15.1. The number of fused-ring (bicyclic) bond motifs is 5. The van der Waals surface area contributed by atoms with E-state index >= 15 is 4.39 Å². The number of nitrogens with one attached hydrogen (secondary N) is 7. The summed E-state index contributed by atoms with van der Waals surface area (Å²) in [4.78, 5) is 148. The first-order valence-electron chi connectivity index (χ1n) is 26.4. The smallest absolute Gasteiger partial charge is 0.343 e. The van der Waals surface area contributed by atoms with Crippen molar-refractivity contribution in [2.24, 2.45) is 5.92 Å². The molecule has 0 spiro atoms. The van der Waals surface area contributed by atoms with Crippen LogP contribution in [-0.2, 0) is 89.0 Å². The van der Waals surface area contributed by atoms with Gasteiger partial charge in [0.1, 0.15) is 37.3 Å². The van der Waals surface area contributed by atoms with Crippen molar-refractivity contribution in [1.29, 1.82) is 0 Å². The van der Waals surface area contributed by atoms with Crippen molar-refractivity contribution in [3.05, 3.63) is 110 Å². The largest absolute Gasteiger partial charge is 0.480 e. The summed E-state index contributed by atoms with van der Waals surface area (Å²) in [6, 6.07) is 8.07. The number of nitrogens with zero attached hydrogens (tertiary/aromatic N) is 3. The minimum absolute atomic E-state index is 0.0314. The summed E-state index contributed by atoms with van der Waals surface area (Å²) in [5.41, 5.74) is 1.73. The molecule has 4 aromatic rings. The summed E-state index contributed by atoms with van der Waals surface area (Å²) in [5.74, 6) is -8.68. The van der Waals surface area contributed by atoms with E-state index in [4.69, 9.17) is 19.6 Å². The highest BCUT2D eigenvalue weighted by Crippen LogP contribution is 2.46. The first-order valence-corrected chi connectivity index (χ1v) is 26.4. The molecule has 426 valence electrons. The monoisotopic (exact) mass is 1120 g/mol. The normalized spacial score (nSPS) is 18.6. The summed E-state index contributed by atoms with van der Waals surface area (Å²) < 4.78 is 28.3. The molecule has 25 nitrogen and oxygen atoms in total. The van der Waals surface area contributed by atoms with Crippen molar-refractivity contribution in [1.82, 2.24) is 51.7 Å². The molecule has 9 rings (SSSR count). The molecule has 5 atom stereocenters. The van der Waals surface area contributed by atoms with Crippen LogP contribution in [0.4, 0.5) is 4.39 Å². The Kier molecular flexibility index (Phi) is 16.8. The maximum absolute atomic E-state index is 15.5. The predicted octanol–water partition coefficient (Wildman–Crippen LogP) is -1.07. The number of amides is 8. The average Bonchev–Trinajstić information content (AvgIpc) is 4.08. The zero-order chi connectivity index (χ0) is 57.9. The molecule has 0 radical (unpaired) electrons. The lowest BCUT2D eigenvalue weighted by atomic mass is 9.81. The number of aliphatic carboxylic acids is 1. The summed E-state index contributed by atoms with van der Waals surface area (Å²) >= 11 is 0. The molecule has 2 aliphatic carbocycles. The number of pyridine rings is 2. The number of aromatic nitrogens is 2. The van der Waals surface area contributed by atoms with E-state index in [1.54, 1.807) is 50.2 Å². The van der Waals surface area contributed by atoms with Crippen molar-refractivity contribution in [2.75, 3.05) is 39.5 Å². The zero-order valence-electron chi connectivity index (χ0n) is 44.1. The number of hydrogen-bond donors (Lipinski definition) is 9. The number of halogens is 1. The first-order chi connectivity index (χ1) is 38.8. The highest BCUT2D eigenvalue weighted by atomic mass is 19.1. The molecule has 26 heteroatoms. The second-order valence-electron chi connectivity index (χ2n) is 20.4. The fourth-order valence-electron chi connectivity index (χ4n) is 10.6. The number of carboxylic acids is 1. The number of esters is 1. The van der Waals surface area contributed by atoms with Gasteiger partial charge in [0.05, 0.1) is 61.2 Å². The number of carboxylic acid groups (broad SMARTS) is 1. The Hall–Kier alpha value is -8.75. The van der Waals surface area contributed by atoms with E-state index in [1.807, 2.05) is 0 Å². The van der Waals surface area contributed by atoms with Crippen LogP contribution in [-0.4, -0.2) is 142 Å². The van der Waals surface area contributed by atoms with E-state index in [0.717, 1.165) is 30.6 Å². The second-order valence-corrected chi connectivity index (χ2v) is 20.4. The SMILES string of the molecule is CC[C@@]1(O)C(=O)OCc2c1cc1n(c2=O)Cc2c-1nc1cc(F)c(C)c3c1c2[C@H](NC(=O)[C@@H](CC1CC1)OCNC(=O)CNC(=O)[C@H](Cc1ccccc1)NC(=O)CNC(=O)CNC(=O)[C@H](CNCC(=O)O)N1C(=O)C=CC1=O)CC3. The highest BCUT2D eigenvalue weighted by molar-refractivity contribution is 6.15. The maximum atomic E-state index is 15.5. The van der Waals surface area contributed by atoms with Crippen LogP contribution in [0.25, 0.3) is 22.3 Å². The van der Waals surface area contributed by atoms with Crippen molar-refractivity contribution in [3.63, 3.8) is 0 Å². The number of carbonyl (C=O) groups excluding carboxylic acids is 9. The Balaban J connectivity index is 0.811. The number of carbonyl (C=O) groups is 10. The fourth-order valence-corrected chi connectivity index (χ4v) is 10.6. The standard InChI is InChI=1S/C55H59FN10O15/c1-3-55(79)33-17-38-49-31(24-65(38)53(77)32(33)25-80-54(55)78)48-35(12-11-30-27(2)34(56)18-36(63-49)47(30)48)64-52(76)40(16-29-9-10-29)81-26-61-42(68)21-59-50(74)37(15-28-7-5-4-6-8-28)62-43(69)22-58-41(67)20-60-51(75)39(19-57-23-46(72)73)66-44(70)13-14-45(66)71/h4-8,13-14,17-18,29,35,37,39-40,57,79H,3,9-12,15-16,19-26H2,1-2H3,(H,58,67)(H,59,74)(H,60,75)(H,61,68)(H,62,69)(H,64,76)(H,72,73)/t35-,37+,39+,40-,55+/m1/s1. The molecule has 0 saturated heterocycles. The van der Waals surface area contributed by atoms with Crippen LogP contribution in [0, 0.1) is 18.7 Å². The van der Waals surface area contributed by atoms with Gasteiger partial charge in [0.15, 0.2) is 5.60 Å². The molecular formula is C55H59FN10O15. The van der Waals surface area contributed by atoms with Gasteiger partial charge in [0.2, 0.25) is 35.4 Å². The Morgan fingerprint density at radius 1 is 0.852 bits per heavy atom. The van der Waals surface area contributed by atoms with E-state index in [2.05, 4.69) is 37.2 Å². The Morgan fingerprint density at radius 3 is 2.23 bits per heavy atom. The van der Waals surface area contributed by atoms with E-state index in [0.29, 0.717) is 68.7 Å². The van der Waals surface area contributed by atoms with Gasteiger partial charge in [-0.15, -0.1) is 0 Å². The number of cyclic esters (lactones) is 1. The van der Waals surface area contributed by atoms with Gasteiger partial charge in [-0.05, 0) is 66.8 Å². The van der Waals surface area contributed by atoms with Gasteiger partial charge in [-0.2, -0.15) is 0 Å². The van der Waals surface area contributed by atoms with Crippen LogP contribution in [0.2, 0.25) is 0 Å². The van der Waals surface area contributed by atoms with Crippen molar-refractivity contribution < 1.29 is 72.0 Å². The molecule has 0 bridgehead atoms. The lowest BCUT2D eigenvalue weighted by molar-refractivity contribution is -0.172. The van der Waals surface area contributed by atoms with Gasteiger partial charge < -0.3 is 61.5 Å². The molecule has 2 aromatic carbocycles. The zero-order valence-corrected chi connectivity index (χ0v) is 44.1. The quantitative estimate of drug-likeness (QED) is 0.0202. The van der Waals surface area contributed by atoms with E-state index in [1.165, 1.54) is 10.6 Å². The van der Waals surface area contributed by atoms with Gasteiger partial charge in [0.25, 0.3) is 17.4 Å². The topological polar surface area (TPSA) is 352 Å². The average molecular weight is 1120 g/mol. The molecule has 9 N–H and O–H groups in total. The van der Waals surface area contributed by atoms with Gasteiger partial charge in [-0.1, -0.05) is 50.1 Å². The molecule has 81 heavy (non-hydrogen) atoms. The molecule has 2 aromatic heterocycles. The molecule has 1 saturated carbocycles. The molecule has 5 heterocycles. The first kappa shape index (κ1) is 57.0. The summed E-state index contributed by atoms with van der Waals surface area (Å²) in [7, 11) is 0. The van der Waals surface area contributed by atoms with Crippen LogP contribution in [0.5, 0.6) is 0 Å². The molecule has 0 unspecified atom stereocenters.